The van der Waals surface area contributed by atoms with Crippen molar-refractivity contribution < 1.29 is 24.9 Å². The van der Waals surface area contributed by atoms with E-state index in [0.29, 0.717) is 19.3 Å². The minimum Gasteiger partial charge on any atom is -0.481 e. The lowest BCUT2D eigenvalue weighted by Gasteiger charge is -2.16. The maximum Gasteiger partial charge on any atom is 0.303 e. The number of ketones is 1. The number of aliphatic hydroxyl groups excluding tert-OH is 2. The first-order valence-electron chi connectivity index (χ1n) is 9.39. The molecule has 25 heavy (non-hydrogen) atoms. The Bertz CT molecular complexity index is 469. The van der Waals surface area contributed by atoms with Crippen molar-refractivity contribution in [2.75, 3.05) is 0 Å². The van der Waals surface area contributed by atoms with Gasteiger partial charge < -0.3 is 15.3 Å². The van der Waals surface area contributed by atoms with Gasteiger partial charge in [-0.05, 0) is 32.1 Å². The highest BCUT2D eigenvalue weighted by molar-refractivity contribution is 5.84. The van der Waals surface area contributed by atoms with Crippen molar-refractivity contribution in [3.05, 3.63) is 24.3 Å². The van der Waals surface area contributed by atoms with Crippen LogP contribution in [-0.2, 0) is 9.59 Å². The molecule has 4 atom stereocenters. The minimum absolute atomic E-state index is 0.0287. The van der Waals surface area contributed by atoms with Crippen molar-refractivity contribution >= 4 is 11.8 Å². The maximum atomic E-state index is 12.1. The predicted molar refractivity (Wildman–Crippen MR) is 97.1 cm³/mol. The zero-order valence-corrected chi connectivity index (χ0v) is 15.1. The van der Waals surface area contributed by atoms with Crippen molar-refractivity contribution in [1.82, 2.24) is 0 Å². The van der Waals surface area contributed by atoms with E-state index in [0.717, 1.165) is 12.8 Å². The highest BCUT2D eigenvalue weighted by atomic mass is 16.4. The summed E-state index contributed by atoms with van der Waals surface area (Å²) in [4.78, 5) is 22.6. The largest absolute Gasteiger partial charge is 0.481 e. The summed E-state index contributed by atoms with van der Waals surface area (Å²) in [5.41, 5.74) is 0. The molecule has 0 heterocycles. The Morgan fingerprint density at radius 3 is 2.72 bits per heavy atom. The van der Waals surface area contributed by atoms with Crippen LogP contribution in [0.5, 0.6) is 0 Å². The van der Waals surface area contributed by atoms with Gasteiger partial charge in [-0.2, -0.15) is 0 Å². The van der Waals surface area contributed by atoms with E-state index in [2.05, 4.69) is 13.0 Å². The Labute approximate surface area is 150 Å². The van der Waals surface area contributed by atoms with Crippen LogP contribution in [0.25, 0.3) is 0 Å². The number of unbranched alkanes of at least 4 members (excludes halogenated alkanes) is 3. The number of allylic oxidation sites excluding steroid dienone is 2. The molecule has 1 aliphatic carbocycles. The van der Waals surface area contributed by atoms with Gasteiger partial charge in [0.2, 0.25) is 0 Å². The fourth-order valence-corrected chi connectivity index (χ4v) is 3.22. The Morgan fingerprint density at radius 2 is 2.04 bits per heavy atom. The van der Waals surface area contributed by atoms with Crippen molar-refractivity contribution in [3.8, 4) is 0 Å². The van der Waals surface area contributed by atoms with E-state index in [1.54, 1.807) is 12.2 Å². The van der Waals surface area contributed by atoms with Gasteiger partial charge in [0.05, 0.1) is 12.2 Å². The lowest BCUT2D eigenvalue weighted by atomic mass is 9.90. The molecule has 0 saturated heterocycles. The van der Waals surface area contributed by atoms with Crippen LogP contribution in [0.2, 0.25) is 0 Å². The molecule has 0 unspecified atom stereocenters. The van der Waals surface area contributed by atoms with Gasteiger partial charge in [-0.1, -0.05) is 44.1 Å². The molecule has 0 aromatic carbocycles. The minimum atomic E-state index is -0.876. The molecular weight excluding hydrogens is 320 g/mol. The average Bonchev–Trinajstić information content (AvgIpc) is 2.81. The number of aliphatic carboxylic acids is 1. The van der Waals surface area contributed by atoms with Crippen molar-refractivity contribution in [1.29, 1.82) is 0 Å². The molecule has 1 aliphatic rings. The van der Waals surface area contributed by atoms with Crippen LogP contribution in [0.4, 0.5) is 0 Å². The summed E-state index contributed by atoms with van der Waals surface area (Å²) < 4.78 is 0. The van der Waals surface area contributed by atoms with Crippen molar-refractivity contribution in [2.45, 2.75) is 76.9 Å². The smallest absolute Gasteiger partial charge is 0.303 e. The molecule has 5 nitrogen and oxygen atoms in total. The van der Waals surface area contributed by atoms with E-state index < -0.39 is 18.2 Å². The fraction of sp³-hybridized carbons (Fsp3) is 0.700. The normalized spacial score (nSPS) is 25.2. The van der Waals surface area contributed by atoms with Gasteiger partial charge in [0.1, 0.15) is 5.78 Å². The molecule has 5 heteroatoms. The molecule has 1 saturated carbocycles. The summed E-state index contributed by atoms with van der Waals surface area (Å²) in [5, 5.41) is 28.6. The lowest BCUT2D eigenvalue weighted by Crippen LogP contribution is -2.18. The Kier molecular flexibility index (Phi) is 10.3. The fourth-order valence-electron chi connectivity index (χ4n) is 3.22. The van der Waals surface area contributed by atoms with Crippen LogP contribution in [0.15, 0.2) is 24.3 Å². The van der Waals surface area contributed by atoms with Crippen LogP contribution in [0.3, 0.4) is 0 Å². The molecule has 142 valence electrons. The van der Waals surface area contributed by atoms with E-state index >= 15 is 0 Å². The van der Waals surface area contributed by atoms with E-state index in [4.69, 9.17) is 5.11 Å². The molecule has 0 amide bonds. The highest BCUT2D eigenvalue weighted by Gasteiger charge is 2.39. The lowest BCUT2D eigenvalue weighted by molar-refractivity contribution is -0.137. The van der Waals surface area contributed by atoms with Gasteiger partial charge in [-0.25, -0.2) is 0 Å². The van der Waals surface area contributed by atoms with Crippen LogP contribution in [0.1, 0.15) is 64.7 Å². The monoisotopic (exact) mass is 352 g/mol. The second kappa shape index (κ2) is 12.0. The predicted octanol–water partition coefficient (Wildman–Crippen LogP) is 3.25. The number of carbonyl (C=O) groups is 2. The SMILES string of the molecule is CCCCC/C=C\C[C@H]1C(=O)C[C@H](O)[C@H]1/C=C/[C@@H](O)CCCC(=O)O. The van der Waals surface area contributed by atoms with Gasteiger partial charge in [-0.15, -0.1) is 0 Å². The maximum absolute atomic E-state index is 12.1. The van der Waals surface area contributed by atoms with E-state index in [1.165, 1.54) is 12.8 Å². The zero-order valence-electron chi connectivity index (χ0n) is 15.1. The third-order valence-corrected chi connectivity index (χ3v) is 4.71. The number of Topliss-reactive ketones (excluding diaryl/α,β-unsaturated/α-hetero) is 1. The summed E-state index contributed by atoms with van der Waals surface area (Å²) in [6.45, 7) is 2.16. The van der Waals surface area contributed by atoms with E-state index in [1.807, 2.05) is 6.08 Å². The first-order chi connectivity index (χ1) is 12.0. The van der Waals surface area contributed by atoms with Gasteiger partial charge >= 0.3 is 5.97 Å². The van der Waals surface area contributed by atoms with Crippen LogP contribution < -0.4 is 0 Å². The number of carboxylic acid groups (broad SMARTS) is 1. The Morgan fingerprint density at radius 1 is 1.28 bits per heavy atom. The first-order valence-corrected chi connectivity index (χ1v) is 9.39. The van der Waals surface area contributed by atoms with Crippen LogP contribution in [0, 0.1) is 11.8 Å². The number of rotatable bonds is 12. The molecule has 0 spiro atoms. The third kappa shape index (κ3) is 8.45. The molecule has 1 rings (SSSR count). The summed E-state index contributed by atoms with van der Waals surface area (Å²) in [5.74, 6) is -1.32. The molecule has 0 aromatic heterocycles. The van der Waals surface area contributed by atoms with Crippen molar-refractivity contribution in [2.24, 2.45) is 11.8 Å². The van der Waals surface area contributed by atoms with Crippen molar-refractivity contribution in [3.63, 3.8) is 0 Å². The summed E-state index contributed by atoms with van der Waals surface area (Å²) in [7, 11) is 0. The summed E-state index contributed by atoms with van der Waals surface area (Å²) in [6.07, 6.45) is 12.1. The van der Waals surface area contributed by atoms with Crippen LogP contribution >= 0.6 is 0 Å². The molecule has 0 aliphatic heterocycles. The second-order valence-corrected chi connectivity index (χ2v) is 6.86. The number of hydrogen-bond donors (Lipinski definition) is 3. The van der Waals surface area contributed by atoms with Gasteiger partial charge in [0.25, 0.3) is 0 Å². The average molecular weight is 352 g/mol. The van der Waals surface area contributed by atoms with Crippen LogP contribution in [-0.4, -0.2) is 39.3 Å². The molecular formula is C20H32O5. The van der Waals surface area contributed by atoms with E-state index in [-0.39, 0.29) is 30.5 Å². The number of carbonyl (C=O) groups excluding carboxylic acids is 1. The molecule has 0 aromatic rings. The molecule has 1 fully saturated rings. The number of hydrogen-bond acceptors (Lipinski definition) is 4. The Hall–Kier alpha value is -1.46. The zero-order chi connectivity index (χ0) is 18.7. The highest BCUT2D eigenvalue weighted by Crippen LogP contribution is 2.33. The standard InChI is InChI=1S/C20H32O5/c1-2-3-4-5-6-7-10-16-17(19(23)14-18(16)22)13-12-15(21)9-8-11-20(24)25/h6-7,12-13,15-17,19,21,23H,2-5,8-11,14H2,1H3,(H,24,25)/b7-6-,13-12+/t15-,16+,17-,19-/m0/s1. The number of carboxylic acids is 1. The van der Waals surface area contributed by atoms with E-state index in [9.17, 15) is 19.8 Å². The Balaban J connectivity index is 2.49. The quantitative estimate of drug-likeness (QED) is 0.370. The topological polar surface area (TPSA) is 94.8 Å². The first kappa shape index (κ1) is 21.6. The third-order valence-electron chi connectivity index (χ3n) is 4.71. The summed E-state index contributed by atoms with van der Waals surface area (Å²) in [6, 6.07) is 0. The van der Waals surface area contributed by atoms with Gasteiger partial charge in [-0.3, -0.25) is 9.59 Å². The molecule has 3 N–H and O–H groups in total. The number of aliphatic hydroxyl groups is 2. The summed E-state index contributed by atoms with van der Waals surface area (Å²) >= 11 is 0. The van der Waals surface area contributed by atoms with Gasteiger partial charge in [0.15, 0.2) is 0 Å². The molecule has 0 radical (unpaired) electrons. The van der Waals surface area contributed by atoms with Gasteiger partial charge in [0, 0.05) is 24.7 Å². The second-order valence-electron chi connectivity index (χ2n) is 6.86. The molecule has 0 bridgehead atoms.